The number of benzene rings is 1. The molecule has 3 rings (SSSR count). The predicted molar refractivity (Wildman–Crippen MR) is 80.3 cm³/mol. The van der Waals surface area contributed by atoms with Gasteiger partial charge in [0.15, 0.2) is 0 Å². The van der Waals surface area contributed by atoms with Gasteiger partial charge in [0, 0.05) is 23.1 Å². The van der Waals surface area contributed by atoms with Crippen molar-refractivity contribution < 1.29 is 0 Å². The molecule has 0 spiro atoms. The minimum Gasteiger partial charge on any atom is -0.361 e. The summed E-state index contributed by atoms with van der Waals surface area (Å²) in [6.45, 7) is 2.35. The van der Waals surface area contributed by atoms with E-state index in [2.05, 4.69) is 59.8 Å². The Labute approximate surface area is 115 Å². The van der Waals surface area contributed by atoms with Gasteiger partial charge in [0.25, 0.3) is 0 Å². The molecule has 0 saturated carbocycles. The molecule has 1 fully saturated rings. The maximum absolute atomic E-state index is 3.47. The first-order valence-corrected chi connectivity index (χ1v) is 7.19. The summed E-state index contributed by atoms with van der Waals surface area (Å²) in [6.07, 6.45) is 4.74. The average Bonchev–Trinajstić information content (AvgIpc) is 3.05. The van der Waals surface area contributed by atoms with Crippen LogP contribution < -0.4 is 5.32 Å². The van der Waals surface area contributed by atoms with Crippen LogP contribution in [0.3, 0.4) is 0 Å². The fourth-order valence-corrected chi connectivity index (χ4v) is 3.22. The number of nitrogens with zero attached hydrogens (tertiary/aromatic N) is 1. The van der Waals surface area contributed by atoms with E-state index in [4.69, 9.17) is 0 Å². The Morgan fingerprint density at radius 3 is 2.89 bits per heavy atom. The van der Waals surface area contributed by atoms with Crippen LogP contribution in [0.2, 0.25) is 0 Å². The van der Waals surface area contributed by atoms with Crippen molar-refractivity contribution in [3.05, 3.63) is 36.0 Å². The summed E-state index contributed by atoms with van der Waals surface area (Å²) in [5.74, 6) is 0.807. The van der Waals surface area contributed by atoms with Crippen LogP contribution in [0.4, 0.5) is 0 Å². The molecular weight excluding hydrogens is 234 g/mol. The predicted octanol–water partition coefficient (Wildman–Crippen LogP) is 2.77. The zero-order chi connectivity index (χ0) is 13.2. The number of para-hydroxylation sites is 1. The number of fused-ring (bicyclic) bond motifs is 1. The summed E-state index contributed by atoms with van der Waals surface area (Å²) in [5.41, 5.74) is 2.68. The summed E-state index contributed by atoms with van der Waals surface area (Å²) in [6, 6.07) is 9.10. The molecule has 3 nitrogen and oxygen atoms in total. The molecule has 1 aromatic carbocycles. The van der Waals surface area contributed by atoms with Gasteiger partial charge in [-0.15, -0.1) is 0 Å². The first-order valence-electron chi connectivity index (χ1n) is 7.19. The third kappa shape index (κ3) is 2.53. The molecule has 102 valence electrons. The molecule has 3 heteroatoms. The Bertz CT molecular complexity index is 538. The first-order chi connectivity index (χ1) is 9.25. The summed E-state index contributed by atoms with van der Waals surface area (Å²) in [5, 5.41) is 4.84. The number of hydrogen-bond acceptors (Lipinski definition) is 2. The second kappa shape index (κ2) is 5.35. The number of rotatable bonds is 4. The highest BCUT2D eigenvalue weighted by molar-refractivity contribution is 5.83. The Morgan fingerprint density at radius 2 is 2.16 bits per heavy atom. The van der Waals surface area contributed by atoms with Crippen LogP contribution in [0, 0.1) is 5.92 Å². The normalized spacial score (nSPS) is 21.3. The molecule has 1 aromatic heterocycles. The lowest BCUT2D eigenvalue weighted by Crippen LogP contribution is -2.23. The van der Waals surface area contributed by atoms with E-state index >= 15 is 0 Å². The van der Waals surface area contributed by atoms with Crippen LogP contribution in [-0.4, -0.2) is 37.1 Å². The Balaban J connectivity index is 1.90. The molecule has 1 aliphatic rings. The molecule has 1 aliphatic heterocycles. The largest absolute Gasteiger partial charge is 0.361 e. The van der Waals surface area contributed by atoms with E-state index in [1.165, 1.54) is 42.4 Å². The highest BCUT2D eigenvalue weighted by Gasteiger charge is 2.24. The van der Waals surface area contributed by atoms with Gasteiger partial charge in [-0.1, -0.05) is 18.2 Å². The highest BCUT2D eigenvalue weighted by atomic mass is 15.1. The van der Waals surface area contributed by atoms with Gasteiger partial charge in [0.05, 0.1) is 0 Å². The summed E-state index contributed by atoms with van der Waals surface area (Å²) >= 11 is 0. The van der Waals surface area contributed by atoms with E-state index in [9.17, 15) is 0 Å². The van der Waals surface area contributed by atoms with E-state index in [0.717, 1.165) is 5.92 Å². The van der Waals surface area contributed by atoms with Gasteiger partial charge in [0.1, 0.15) is 0 Å². The number of aromatic amines is 1. The molecule has 0 bridgehead atoms. The van der Waals surface area contributed by atoms with Gasteiger partial charge in [-0.25, -0.2) is 0 Å². The van der Waals surface area contributed by atoms with Gasteiger partial charge in [-0.3, -0.25) is 0 Å². The summed E-state index contributed by atoms with van der Waals surface area (Å²) in [7, 11) is 4.38. The van der Waals surface area contributed by atoms with Crippen molar-refractivity contribution in [2.45, 2.75) is 18.9 Å². The fourth-order valence-electron chi connectivity index (χ4n) is 3.22. The monoisotopic (exact) mass is 257 g/mol. The second-order valence-electron chi connectivity index (χ2n) is 5.86. The quantitative estimate of drug-likeness (QED) is 0.882. The van der Waals surface area contributed by atoms with Gasteiger partial charge in [-0.2, -0.15) is 0 Å². The molecular formula is C16H23N3. The summed E-state index contributed by atoms with van der Waals surface area (Å²) in [4.78, 5) is 5.76. The zero-order valence-corrected chi connectivity index (χ0v) is 11.8. The Morgan fingerprint density at radius 1 is 1.32 bits per heavy atom. The molecule has 2 heterocycles. The van der Waals surface area contributed by atoms with Crippen molar-refractivity contribution >= 4 is 10.9 Å². The molecule has 0 radical (unpaired) electrons. The molecule has 2 aromatic rings. The van der Waals surface area contributed by atoms with Gasteiger partial charge in [0.2, 0.25) is 0 Å². The van der Waals surface area contributed by atoms with Crippen LogP contribution in [0.1, 0.15) is 24.4 Å². The summed E-state index contributed by atoms with van der Waals surface area (Å²) < 4.78 is 0. The van der Waals surface area contributed by atoms with Gasteiger partial charge >= 0.3 is 0 Å². The lowest BCUT2D eigenvalue weighted by molar-refractivity contribution is 0.254. The van der Waals surface area contributed by atoms with Crippen LogP contribution >= 0.6 is 0 Å². The van der Waals surface area contributed by atoms with Crippen molar-refractivity contribution in [1.29, 1.82) is 0 Å². The number of hydrogen-bond donors (Lipinski definition) is 2. The standard InChI is InChI=1S/C16H23N3/c1-19(2)16(9-12-7-8-17-10-12)14-11-18-15-6-4-3-5-13(14)15/h3-6,11-12,16-18H,7-10H2,1-2H3. The van der Waals surface area contributed by atoms with Crippen LogP contribution in [0.25, 0.3) is 10.9 Å². The molecule has 2 unspecified atom stereocenters. The van der Waals surface area contributed by atoms with E-state index in [-0.39, 0.29) is 0 Å². The number of nitrogens with one attached hydrogen (secondary N) is 2. The zero-order valence-electron chi connectivity index (χ0n) is 11.8. The lowest BCUT2D eigenvalue weighted by Gasteiger charge is -2.26. The first kappa shape index (κ1) is 12.7. The van der Waals surface area contributed by atoms with E-state index in [1.54, 1.807) is 0 Å². The fraction of sp³-hybridized carbons (Fsp3) is 0.500. The Hall–Kier alpha value is -1.32. The molecule has 0 aliphatic carbocycles. The van der Waals surface area contributed by atoms with Crippen molar-refractivity contribution in [3.63, 3.8) is 0 Å². The molecule has 0 amide bonds. The van der Waals surface area contributed by atoms with Crippen LogP contribution in [0.15, 0.2) is 30.5 Å². The topological polar surface area (TPSA) is 31.1 Å². The number of aromatic nitrogens is 1. The molecule has 1 saturated heterocycles. The minimum atomic E-state index is 0.501. The van der Waals surface area contributed by atoms with Crippen molar-refractivity contribution in [1.82, 2.24) is 15.2 Å². The third-order valence-electron chi connectivity index (χ3n) is 4.32. The van der Waals surface area contributed by atoms with Crippen LogP contribution in [-0.2, 0) is 0 Å². The molecule has 2 atom stereocenters. The maximum atomic E-state index is 3.47. The third-order valence-corrected chi connectivity index (χ3v) is 4.32. The second-order valence-corrected chi connectivity index (χ2v) is 5.86. The van der Waals surface area contributed by atoms with E-state index < -0.39 is 0 Å². The minimum absolute atomic E-state index is 0.501. The van der Waals surface area contributed by atoms with Gasteiger partial charge in [-0.05, 0) is 57.6 Å². The van der Waals surface area contributed by atoms with Crippen molar-refractivity contribution in [2.75, 3.05) is 27.2 Å². The average molecular weight is 257 g/mol. The van der Waals surface area contributed by atoms with Crippen molar-refractivity contribution in [3.8, 4) is 0 Å². The van der Waals surface area contributed by atoms with Gasteiger partial charge < -0.3 is 15.2 Å². The Kier molecular flexibility index (Phi) is 3.58. The molecule has 2 N–H and O–H groups in total. The lowest BCUT2D eigenvalue weighted by atomic mass is 9.93. The van der Waals surface area contributed by atoms with E-state index in [0.29, 0.717) is 6.04 Å². The maximum Gasteiger partial charge on any atom is 0.0457 e. The molecule has 19 heavy (non-hydrogen) atoms. The van der Waals surface area contributed by atoms with E-state index in [1.807, 2.05) is 0 Å². The van der Waals surface area contributed by atoms with Crippen molar-refractivity contribution in [2.24, 2.45) is 5.92 Å². The number of H-pyrrole nitrogens is 1. The van der Waals surface area contributed by atoms with Crippen LogP contribution in [0.5, 0.6) is 0 Å². The smallest absolute Gasteiger partial charge is 0.0457 e. The SMILES string of the molecule is CN(C)C(CC1CCNC1)c1c[nH]c2ccccc12. The highest BCUT2D eigenvalue weighted by Crippen LogP contribution is 2.33.